The molecule has 1 aliphatic carbocycles. The number of hydrogen-bond acceptors (Lipinski definition) is 3. The maximum atomic E-state index is 6.10. The molecule has 0 heterocycles. The molecule has 0 bridgehead atoms. The van der Waals surface area contributed by atoms with Gasteiger partial charge in [-0.1, -0.05) is 18.2 Å². The quantitative estimate of drug-likeness (QED) is 0.246. The van der Waals surface area contributed by atoms with Crippen molar-refractivity contribution in [3.63, 3.8) is 0 Å². The number of ether oxygens (including phenoxy) is 2. The van der Waals surface area contributed by atoms with E-state index in [1.54, 1.807) is 7.11 Å². The number of aryl methyl sites for hydroxylation is 3. The van der Waals surface area contributed by atoms with Crippen molar-refractivity contribution in [3.8, 4) is 5.75 Å². The first-order chi connectivity index (χ1) is 13.2. The maximum Gasteiger partial charge on any atom is 0.193 e. The van der Waals surface area contributed by atoms with Gasteiger partial charge in [0.2, 0.25) is 0 Å². The number of halogens is 1. The average molecular weight is 495 g/mol. The van der Waals surface area contributed by atoms with Gasteiger partial charge in [-0.25, -0.2) is 4.99 Å². The zero-order chi connectivity index (χ0) is 19.1. The number of methoxy groups -OCH3 is 1. The van der Waals surface area contributed by atoms with E-state index in [0.717, 1.165) is 35.4 Å². The van der Waals surface area contributed by atoms with E-state index in [1.807, 2.05) is 12.1 Å². The van der Waals surface area contributed by atoms with Crippen LogP contribution in [0, 0.1) is 6.92 Å². The summed E-state index contributed by atoms with van der Waals surface area (Å²) in [5, 5.41) is 3.20. The number of nitrogens with zero attached hydrogens (tertiary/aromatic N) is 1. The summed E-state index contributed by atoms with van der Waals surface area (Å²) in [6, 6.07) is 12.6. The summed E-state index contributed by atoms with van der Waals surface area (Å²) < 4.78 is 11.0. The third-order valence-corrected chi connectivity index (χ3v) is 4.76. The molecule has 0 saturated heterocycles. The van der Waals surface area contributed by atoms with Gasteiger partial charge in [0.15, 0.2) is 5.96 Å². The predicted octanol–water partition coefficient (Wildman–Crippen LogP) is 4.44. The first-order valence-corrected chi connectivity index (χ1v) is 9.55. The lowest BCUT2D eigenvalue weighted by atomic mass is 10.1. The van der Waals surface area contributed by atoms with Crippen LogP contribution in [0.15, 0.2) is 41.4 Å². The summed E-state index contributed by atoms with van der Waals surface area (Å²) in [6.45, 7) is 3.84. The molecule has 0 fully saturated rings. The highest BCUT2D eigenvalue weighted by molar-refractivity contribution is 14.0. The van der Waals surface area contributed by atoms with Gasteiger partial charge in [0.25, 0.3) is 0 Å². The molecular formula is C22H30IN3O2. The average Bonchev–Trinajstić information content (AvgIpc) is 3.12. The molecule has 0 amide bonds. The van der Waals surface area contributed by atoms with Crippen molar-refractivity contribution in [2.24, 2.45) is 10.7 Å². The second-order valence-electron chi connectivity index (χ2n) is 6.97. The number of hydrogen-bond donors (Lipinski definition) is 2. The van der Waals surface area contributed by atoms with Crippen molar-refractivity contribution in [1.29, 1.82) is 0 Å². The minimum Gasteiger partial charge on any atom is -0.493 e. The lowest BCUT2D eigenvalue weighted by molar-refractivity contribution is 0.172. The van der Waals surface area contributed by atoms with Gasteiger partial charge in [0.1, 0.15) is 5.75 Å². The third kappa shape index (κ3) is 6.38. The van der Waals surface area contributed by atoms with Crippen molar-refractivity contribution in [1.82, 2.24) is 0 Å². The van der Waals surface area contributed by atoms with E-state index >= 15 is 0 Å². The molecule has 28 heavy (non-hydrogen) atoms. The molecule has 2 aromatic rings. The Morgan fingerprint density at radius 3 is 2.75 bits per heavy atom. The van der Waals surface area contributed by atoms with Crippen molar-refractivity contribution in [2.45, 2.75) is 39.2 Å². The van der Waals surface area contributed by atoms with E-state index in [9.17, 15) is 0 Å². The number of aliphatic imine (C=N–C) groups is 1. The van der Waals surface area contributed by atoms with Gasteiger partial charge >= 0.3 is 0 Å². The van der Waals surface area contributed by atoms with Crippen LogP contribution in [0.1, 0.15) is 35.1 Å². The van der Waals surface area contributed by atoms with Gasteiger partial charge in [-0.15, -0.1) is 24.0 Å². The smallest absolute Gasteiger partial charge is 0.193 e. The molecule has 0 aromatic heterocycles. The minimum atomic E-state index is 0. The summed E-state index contributed by atoms with van der Waals surface area (Å²) in [5.41, 5.74) is 12.1. The fourth-order valence-corrected chi connectivity index (χ4v) is 3.32. The van der Waals surface area contributed by atoms with Crippen molar-refractivity contribution in [2.75, 3.05) is 25.6 Å². The van der Waals surface area contributed by atoms with Gasteiger partial charge in [0.05, 0.1) is 13.2 Å². The Hall–Kier alpha value is -1.80. The number of rotatable bonds is 8. The molecule has 3 rings (SSSR count). The first kappa shape index (κ1) is 22.5. The van der Waals surface area contributed by atoms with Crippen LogP contribution in [0.5, 0.6) is 5.75 Å². The normalized spacial score (nSPS) is 13.0. The largest absolute Gasteiger partial charge is 0.493 e. The summed E-state index contributed by atoms with van der Waals surface area (Å²) in [6.07, 6.45) is 4.42. The molecule has 0 unspecified atom stereocenters. The molecule has 2 aromatic carbocycles. The molecule has 1 aliphatic rings. The summed E-state index contributed by atoms with van der Waals surface area (Å²) in [4.78, 5) is 4.50. The third-order valence-electron chi connectivity index (χ3n) is 4.76. The Balaban J connectivity index is 0.00000280. The van der Waals surface area contributed by atoms with Gasteiger partial charge in [-0.05, 0) is 61.1 Å². The van der Waals surface area contributed by atoms with Crippen LogP contribution >= 0.6 is 24.0 Å². The molecule has 5 nitrogen and oxygen atoms in total. The Morgan fingerprint density at radius 2 is 1.93 bits per heavy atom. The Labute approximate surface area is 184 Å². The number of benzene rings is 2. The lowest BCUT2D eigenvalue weighted by Gasteiger charge is -2.12. The van der Waals surface area contributed by atoms with Crippen molar-refractivity contribution < 1.29 is 9.47 Å². The minimum absolute atomic E-state index is 0. The molecule has 3 N–H and O–H groups in total. The second kappa shape index (κ2) is 11.3. The van der Waals surface area contributed by atoms with Gasteiger partial charge < -0.3 is 20.5 Å². The van der Waals surface area contributed by atoms with Crippen LogP contribution in [0.3, 0.4) is 0 Å². The van der Waals surface area contributed by atoms with Gasteiger partial charge in [-0.3, -0.25) is 0 Å². The number of anilines is 1. The molecule has 0 spiro atoms. The van der Waals surface area contributed by atoms with Crippen LogP contribution in [-0.4, -0.2) is 26.3 Å². The van der Waals surface area contributed by atoms with Gasteiger partial charge in [0, 0.05) is 31.4 Å². The lowest BCUT2D eigenvalue weighted by Crippen LogP contribution is -2.22. The zero-order valence-electron chi connectivity index (χ0n) is 16.7. The number of guanidine groups is 1. The summed E-state index contributed by atoms with van der Waals surface area (Å²) >= 11 is 0. The molecule has 0 atom stereocenters. The number of fused-ring (bicyclic) bond motifs is 1. The molecule has 152 valence electrons. The zero-order valence-corrected chi connectivity index (χ0v) is 19.0. The van der Waals surface area contributed by atoms with E-state index in [2.05, 4.69) is 41.5 Å². The Morgan fingerprint density at radius 1 is 1.11 bits per heavy atom. The van der Waals surface area contributed by atoms with Crippen LogP contribution in [-0.2, 0) is 24.1 Å². The van der Waals surface area contributed by atoms with Crippen molar-refractivity contribution in [3.05, 3.63) is 58.7 Å². The van der Waals surface area contributed by atoms with E-state index in [1.165, 1.54) is 24.0 Å². The summed E-state index contributed by atoms with van der Waals surface area (Å²) in [7, 11) is 1.70. The fraction of sp³-hybridized carbons (Fsp3) is 0.409. The number of nitrogens with one attached hydrogen (secondary N) is 1. The number of nitrogens with two attached hydrogens (primary N) is 1. The monoisotopic (exact) mass is 495 g/mol. The Bertz CT molecular complexity index is 808. The highest BCUT2D eigenvalue weighted by atomic mass is 127. The van der Waals surface area contributed by atoms with Crippen LogP contribution < -0.4 is 15.8 Å². The van der Waals surface area contributed by atoms with Crippen LogP contribution in [0.2, 0.25) is 0 Å². The summed E-state index contributed by atoms with van der Waals surface area (Å²) in [5.74, 6) is 1.28. The molecular weight excluding hydrogens is 465 g/mol. The predicted molar refractivity (Wildman–Crippen MR) is 126 cm³/mol. The van der Waals surface area contributed by atoms with E-state index in [-0.39, 0.29) is 24.0 Å². The van der Waals surface area contributed by atoms with E-state index in [0.29, 0.717) is 25.7 Å². The first-order valence-electron chi connectivity index (χ1n) is 9.55. The van der Waals surface area contributed by atoms with E-state index < -0.39 is 0 Å². The van der Waals surface area contributed by atoms with Gasteiger partial charge in [-0.2, -0.15) is 0 Å². The van der Waals surface area contributed by atoms with Crippen LogP contribution in [0.4, 0.5) is 5.69 Å². The van der Waals surface area contributed by atoms with Crippen molar-refractivity contribution >= 4 is 35.6 Å². The topological polar surface area (TPSA) is 68.9 Å². The van der Waals surface area contributed by atoms with E-state index in [4.69, 9.17) is 15.2 Å². The highest BCUT2D eigenvalue weighted by Gasteiger charge is 2.11. The molecule has 0 aliphatic heterocycles. The fourth-order valence-electron chi connectivity index (χ4n) is 3.32. The molecule has 6 heteroatoms. The maximum absolute atomic E-state index is 6.10. The second-order valence-corrected chi connectivity index (χ2v) is 6.97. The SMILES string of the molecule is COCCCOc1cc(C)ccc1CN=C(N)Nc1ccc2c(c1)CCC2.I. The standard InChI is InChI=1S/C22H29N3O2.HI/c1-16-7-8-19(21(13-16)27-12-4-11-26-2)15-24-22(23)25-20-10-9-17-5-3-6-18(17)14-20;/h7-10,13-14H,3-6,11-12,15H2,1-2H3,(H3,23,24,25);1H. The molecule has 0 saturated carbocycles. The van der Waals surface area contributed by atoms with Crippen LogP contribution in [0.25, 0.3) is 0 Å². The highest BCUT2D eigenvalue weighted by Crippen LogP contribution is 2.25. The Kier molecular flexibility index (Phi) is 9.05. The molecule has 0 radical (unpaired) electrons.